The van der Waals surface area contributed by atoms with E-state index in [1.54, 1.807) is 17.1 Å². The molecule has 1 heterocycles. The van der Waals surface area contributed by atoms with Gasteiger partial charge in [-0.1, -0.05) is 12.2 Å². The van der Waals surface area contributed by atoms with E-state index >= 15 is 0 Å². The molecule has 1 atom stereocenters. The second kappa shape index (κ2) is 8.04. The molecular weight excluding hydrogens is 302 g/mol. The van der Waals surface area contributed by atoms with Gasteiger partial charge in [0.25, 0.3) is 0 Å². The average molecular weight is 329 g/mol. The summed E-state index contributed by atoms with van der Waals surface area (Å²) < 4.78 is 11.5. The van der Waals surface area contributed by atoms with E-state index < -0.39 is 0 Å². The number of rotatable bonds is 7. The maximum Gasteiger partial charge on any atom is 0.246 e. The minimum atomic E-state index is -0.0299. The van der Waals surface area contributed by atoms with Crippen molar-refractivity contribution in [2.75, 3.05) is 19.7 Å². The molecule has 1 amide bonds. The van der Waals surface area contributed by atoms with Crippen molar-refractivity contribution >= 4 is 12.0 Å². The first-order valence-electron chi connectivity index (χ1n) is 8.52. The highest BCUT2D eigenvalue weighted by Gasteiger charge is 2.21. The SMILES string of the molecule is C=C(C)CN(CC)C(=O)/C=C/c1cc2c(cc1OCC)CC(C)O2. The molecule has 0 bridgehead atoms. The lowest BCUT2D eigenvalue weighted by Gasteiger charge is -2.19. The summed E-state index contributed by atoms with van der Waals surface area (Å²) in [5.74, 6) is 1.64. The van der Waals surface area contributed by atoms with E-state index in [0.29, 0.717) is 19.7 Å². The van der Waals surface area contributed by atoms with E-state index in [2.05, 4.69) is 13.5 Å². The Kier molecular flexibility index (Phi) is 6.07. The Morgan fingerprint density at radius 1 is 1.46 bits per heavy atom. The number of fused-ring (bicyclic) bond motifs is 1. The van der Waals surface area contributed by atoms with Crippen LogP contribution in [0.3, 0.4) is 0 Å². The Morgan fingerprint density at radius 2 is 2.21 bits per heavy atom. The fourth-order valence-corrected chi connectivity index (χ4v) is 2.80. The summed E-state index contributed by atoms with van der Waals surface area (Å²) >= 11 is 0. The van der Waals surface area contributed by atoms with Gasteiger partial charge in [0.15, 0.2) is 0 Å². The Bertz CT molecular complexity index is 649. The van der Waals surface area contributed by atoms with Crippen LogP contribution in [0.5, 0.6) is 11.5 Å². The van der Waals surface area contributed by atoms with Gasteiger partial charge in [-0.05, 0) is 45.9 Å². The number of amides is 1. The standard InChI is InChI=1S/C20H27NO3/c1-6-21(13-14(3)4)20(22)9-8-16-11-19-17(10-15(5)24-19)12-18(16)23-7-2/h8-9,11-12,15H,3,6-7,10,13H2,1-2,4-5H3/b9-8+. The highest BCUT2D eigenvalue weighted by molar-refractivity contribution is 5.92. The lowest BCUT2D eigenvalue weighted by atomic mass is 10.1. The largest absolute Gasteiger partial charge is 0.493 e. The molecule has 0 aromatic heterocycles. The molecule has 0 saturated carbocycles. The van der Waals surface area contributed by atoms with Crippen LogP contribution in [0.15, 0.2) is 30.4 Å². The van der Waals surface area contributed by atoms with Gasteiger partial charge in [-0.15, -0.1) is 0 Å². The maximum absolute atomic E-state index is 12.4. The van der Waals surface area contributed by atoms with Gasteiger partial charge in [0.1, 0.15) is 17.6 Å². The molecule has 2 rings (SSSR count). The van der Waals surface area contributed by atoms with Crippen LogP contribution < -0.4 is 9.47 Å². The van der Waals surface area contributed by atoms with Crippen molar-refractivity contribution in [3.63, 3.8) is 0 Å². The van der Waals surface area contributed by atoms with Gasteiger partial charge in [-0.2, -0.15) is 0 Å². The number of carbonyl (C=O) groups excluding carboxylic acids is 1. The summed E-state index contributed by atoms with van der Waals surface area (Å²) in [6.07, 6.45) is 4.47. The van der Waals surface area contributed by atoms with E-state index in [1.165, 1.54) is 0 Å². The van der Waals surface area contributed by atoms with Crippen LogP contribution in [0, 0.1) is 0 Å². The molecule has 130 valence electrons. The summed E-state index contributed by atoms with van der Waals surface area (Å²) in [6.45, 7) is 13.6. The summed E-state index contributed by atoms with van der Waals surface area (Å²) in [5.41, 5.74) is 2.99. The van der Waals surface area contributed by atoms with Crippen molar-refractivity contribution in [3.8, 4) is 11.5 Å². The molecule has 0 fully saturated rings. The fourth-order valence-electron chi connectivity index (χ4n) is 2.80. The molecule has 24 heavy (non-hydrogen) atoms. The summed E-state index contributed by atoms with van der Waals surface area (Å²) in [6, 6.07) is 3.99. The first-order chi connectivity index (χ1) is 11.4. The molecule has 4 nitrogen and oxygen atoms in total. The summed E-state index contributed by atoms with van der Waals surface area (Å²) in [4.78, 5) is 14.1. The summed E-state index contributed by atoms with van der Waals surface area (Å²) in [7, 11) is 0. The van der Waals surface area contributed by atoms with Crippen LogP contribution >= 0.6 is 0 Å². The van der Waals surface area contributed by atoms with Gasteiger partial charge in [-0.25, -0.2) is 0 Å². The summed E-state index contributed by atoms with van der Waals surface area (Å²) in [5, 5.41) is 0. The predicted octanol–water partition coefficient (Wildman–Crippen LogP) is 3.85. The average Bonchev–Trinajstić information content (AvgIpc) is 2.89. The lowest BCUT2D eigenvalue weighted by Crippen LogP contribution is -2.30. The van der Waals surface area contributed by atoms with Crippen molar-refractivity contribution in [2.45, 2.75) is 40.2 Å². The van der Waals surface area contributed by atoms with Crippen molar-refractivity contribution in [1.82, 2.24) is 4.90 Å². The highest BCUT2D eigenvalue weighted by atomic mass is 16.5. The molecule has 1 aliphatic rings. The third-order valence-electron chi connectivity index (χ3n) is 3.89. The van der Waals surface area contributed by atoms with E-state index in [4.69, 9.17) is 9.47 Å². The molecule has 1 aliphatic heterocycles. The predicted molar refractivity (Wildman–Crippen MR) is 97.5 cm³/mol. The number of ether oxygens (including phenoxy) is 2. The van der Waals surface area contributed by atoms with E-state index in [9.17, 15) is 4.79 Å². The quantitative estimate of drug-likeness (QED) is 0.563. The maximum atomic E-state index is 12.4. The van der Waals surface area contributed by atoms with Crippen molar-refractivity contribution in [1.29, 1.82) is 0 Å². The van der Waals surface area contributed by atoms with Gasteiger partial charge in [0, 0.05) is 36.7 Å². The molecule has 1 unspecified atom stereocenters. The Labute approximate surface area is 144 Å². The zero-order chi connectivity index (χ0) is 17.7. The molecule has 1 aromatic rings. The van der Waals surface area contributed by atoms with E-state index in [-0.39, 0.29) is 12.0 Å². The molecule has 0 aliphatic carbocycles. The van der Waals surface area contributed by atoms with Gasteiger partial charge in [0.2, 0.25) is 5.91 Å². The smallest absolute Gasteiger partial charge is 0.246 e. The molecule has 1 aromatic carbocycles. The number of benzene rings is 1. The highest BCUT2D eigenvalue weighted by Crippen LogP contribution is 2.35. The van der Waals surface area contributed by atoms with Gasteiger partial charge < -0.3 is 14.4 Å². The Hall–Kier alpha value is -2.23. The van der Waals surface area contributed by atoms with Gasteiger partial charge in [-0.3, -0.25) is 4.79 Å². The third-order valence-corrected chi connectivity index (χ3v) is 3.89. The van der Waals surface area contributed by atoms with Crippen molar-refractivity contribution in [2.24, 2.45) is 0 Å². The second-order valence-corrected chi connectivity index (χ2v) is 6.21. The minimum Gasteiger partial charge on any atom is -0.493 e. The minimum absolute atomic E-state index is 0.0299. The van der Waals surface area contributed by atoms with Crippen LogP contribution in [-0.2, 0) is 11.2 Å². The molecule has 0 spiro atoms. The number of carbonyl (C=O) groups is 1. The van der Waals surface area contributed by atoms with E-state index in [1.807, 2.05) is 32.9 Å². The topological polar surface area (TPSA) is 38.8 Å². The Balaban J connectivity index is 2.23. The number of nitrogens with zero attached hydrogens (tertiary/aromatic N) is 1. The van der Waals surface area contributed by atoms with Crippen LogP contribution in [-0.4, -0.2) is 36.6 Å². The zero-order valence-electron chi connectivity index (χ0n) is 15.1. The van der Waals surface area contributed by atoms with Crippen LogP contribution in [0.25, 0.3) is 6.08 Å². The zero-order valence-corrected chi connectivity index (χ0v) is 15.1. The molecule has 0 saturated heterocycles. The number of likely N-dealkylation sites (N-methyl/N-ethyl adjacent to an activating group) is 1. The first-order valence-corrected chi connectivity index (χ1v) is 8.52. The van der Waals surface area contributed by atoms with Crippen molar-refractivity contribution in [3.05, 3.63) is 41.5 Å². The Morgan fingerprint density at radius 3 is 2.83 bits per heavy atom. The number of hydrogen-bond acceptors (Lipinski definition) is 3. The molecule has 0 radical (unpaired) electrons. The first kappa shape index (κ1) is 18.1. The van der Waals surface area contributed by atoms with Gasteiger partial charge >= 0.3 is 0 Å². The lowest BCUT2D eigenvalue weighted by molar-refractivity contribution is -0.125. The van der Waals surface area contributed by atoms with Crippen LogP contribution in [0.2, 0.25) is 0 Å². The van der Waals surface area contributed by atoms with Gasteiger partial charge in [0.05, 0.1) is 6.61 Å². The fraction of sp³-hybridized carbons (Fsp3) is 0.450. The molecule has 0 N–H and O–H groups in total. The van der Waals surface area contributed by atoms with Crippen molar-refractivity contribution < 1.29 is 14.3 Å². The normalized spacial score (nSPS) is 15.9. The van der Waals surface area contributed by atoms with E-state index in [0.717, 1.165) is 34.6 Å². The monoisotopic (exact) mass is 329 g/mol. The molecule has 4 heteroatoms. The molecular formula is C20H27NO3. The number of hydrogen-bond donors (Lipinski definition) is 0. The van der Waals surface area contributed by atoms with Crippen LogP contribution in [0.4, 0.5) is 0 Å². The van der Waals surface area contributed by atoms with Crippen LogP contribution in [0.1, 0.15) is 38.8 Å². The third kappa shape index (κ3) is 4.40. The second-order valence-electron chi connectivity index (χ2n) is 6.21.